The molecule has 0 bridgehead atoms. The Hall–Kier alpha value is -4.85. The number of carbonyl (C=O) groups is 4. The normalized spacial score (nSPS) is 16.8. The molecule has 2 aromatic carbocycles. The summed E-state index contributed by atoms with van der Waals surface area (Å²) in [5, 5.41) is 12.2. The minimum absolute atomic E-state index is 0.0536. The van der Waals surface area contributed by atoms with E-state index in [1.165, 1.54) is 13.2 Å². The Morgan fingerprint density at radius 2 is 1.86 bits per heavy atom. The van der Waals surface area contributed by atoms with Gasteiger partial charge in [0.2, 0.25) is 11.8 Å². The number of ether oxygens (including phenoxy) is 3. The van der Waals surface area contributed by atoms with Crippen LogP contribution in [-0.4, -0.2) is 76.1 Å². The van der Waals surface area contributed by atoms with Crippen molar-refractivity contribution in [2.24, 2.45) is 11.8 Å². The minimum atomic E-state index is -0.908. The first-order valence-electron chi connectivity index (χ1n) is 14.2. The maximum atomic E-state index is 13.1. The van der Waals surface area contributed by atoms with E-state index in [4.69, 9.17) is 14.2 Å². The van der Waals surface area contributed by atoms with Gasteiger partial charge < -0.3 is 29.3 Å². The number of piperidine rings is 1. The number of methoxy groups -OCH3 is 1. The van der Waals surface area contributed by atoms with Gasteiger partial charge >= 0.3 is 11.9 Å². The summed E-state index contributed by atoms with van der Waals surface area (Å²) in [6.07, 6.45) is 3.09. The number of nitrogens with one attached hydrogen (secondary N) is 1. The SMILES string of the molecule is COc1ccc2c(c1)OC(=O)C(C(=O)N1CCC(C(=O)NCCCOC(=O)/C(C#N)=C/c3ccc(N(C)C)cc3)CC1)C2. The molecule has 2 aliphatic heterocycles. The highest BCUT2D eigenvalue weighted by Gasteiger charge is 2.38. The van der Waals surface area contributed by atoms with E-state index >= 15 is 0 Å². The zero-order valence-electron chi connectivity index (χ0n) is 24.6. The highest BCUT2D eigenvalue weighted by molar-refractivity contribution is 6.00. The molecular weight excluding hydrogens is 552 g/mol. The van der Waals surface area contributed by atoms with Gasteiger partial charge in [-0.3, -0.25) is 14.4 Å². The van der Waals surface area contributed by atoms with Crippen molar-refractivity contribution in [3.8, 4) is 17.6 Å². The van der Waals surface area contributed by atoms with Gasteiger partial charge in [-0.05, 0) is 61.1 Å². The molecule has 43 heavy (non-hydrogen) atoms. The van der Waals surface area contributed by atoms with Crippen molar-refractivity contribution in [1.82, 2.24) is 10.2 Å². The number of benzene rings is 2. The van der Waals surface area contributed by atoms with Crippen LogP contribution in [0.3, 0.4) is 0 Å². The average molecular weight is 589 g/mol. The number of hydrogen-bond acceptors (Lipinski definition) is 9. The third-order valence-electron chi connectivity index (χ3n) is 7.58. The summed E-state index contributed by atoms with van der Waals surface area (Å²) in [7, 11) is 5.37. The van der Waals surface area contributed by atoms with E-state index in [0.29, 0.717) is 56.0 Å². The van der Waals surface area contributed by atoms with Crippen molar-refractivity contribution in [3.05, 3.63) is 59.2 Å². The van der Waals surface area contributed by atoms with Crippen molar-refractivity contribution in [3.63, 3.8) is 0 Å². The lowest BCUT2D eigenvalue weighted by molar-refractivity contribution is -0.152. The Kier molecular flexibility index (Phi) is 10.4. The summed E-state index contributed by atoms with van der Waals surface area (Å²) in [6, 6.07) is 14.5. The number of likely N-dealkylation sites (tertiary alicyclic amines) is 1. The predicted octanol–water partition coefficient (Wildman–Crippen LogP) is 2.73. The molecular formula is C32H36N4O7. The van der Waals surface area contributed by atoms with Gasteiger partial charge in [0, 0.05) is 51.4 Å². The summed E-state index contributed by atoms with van der Waals surface area (Å²) in [5.41, 5.74) is 2.38. The van der Waals surface area contributed by atoms with E-state index in [1.807, 2.05) is 49.3 Å². The van der Waals surface area contributed by atoms with E-state index in [1.54, 1.807) is 23.1 Å². The van der Waals surface area contributed by atoms with E-state index in [2.05, 4.69) is 5.32 Å². The van der Waals surface area contributed by atoms with Crippen LogP contribution in [0.2, 0.25) is 0 Å². The van der Waals surface area contributed by atoms with Gasteiger partial charge in [0.15, 0.2) is 0 Å². The quantitative estimate of drug-likeness (QED) is 0.111. The number of nitriles is 1. The van der Waals surface area contributed by atoms with Gasteiger partial charge in [-0.25, -0.2) is 4.79 Å². The zero-order chi connectivity index (χ0) is 30.9. The molecule has 11 heteroatoms. The molecule has 1 fully saturated rings. The van der Waals surface area contributed by atoms with E-state index < -0.39 is 17.9 Å². The first-order valence-corrected chi connectivity index (χ1v) is 14.2. The van der Waals surface area contributed by atoms with Crippen LogP contribution >= 0.6 is 0 Å². The summed E-state index contributed by atoms with van der Waals surface area (Å²) < 4.78 is 15.8. The lowest BCUT2D eigenvalue weighted by Gasteiger charge is -2.34. The van der Waals surface area contributed by atoms with E-state index in [-0.39, 0.29) is 36.3 Å². The Labute approximate surface area is 251 Å². The highest BCUT2D eigenvalue weighted by atomic mass is 16.5. The summed E-state index contributed by atoms with van der Waals surface area (Å²) in [5.74, 6) is -1.90. The maximum Gasteiger partial charge on any atom is 0.348 e. The van der Waals surface area contributed by atoms with Crippen molar-refractivity contribution in [2.45, 2.75) is 25.7 Å². The van der Waals surface area contributed by atoms with Crippen molar-refractivity contribution < 1.29 is 33.4 Å². The smallest absolute Gasteiger partial charge is 0.348 e. The van der Waals surface area contributed by atoms with Crippen LogP contribution in [0.1, 0.15) is 30.4 Å². The molecule has 1 unspecified atom stereocenters. The Morgan fingerprint density at radius 1 is 1.14 bits per heavy atom. The molecule has 2 amide bonds. The number of esters is 2. The molecule has 2 heterocycles. The number of amides is 2. The zero-order valence-corrected chi connectivity index (χ0v) is 24.6. The molecule has 0 aromatic heterocycles. The number of fused-ring (bicyclic) bond motifs is 1. The summed E-state index contributed by atoms with van der Waals surface area (Å²) in [4.78, 5) is 54.3. The lowest BCUT2D eigenvalue weighted by Crippen LogP contribution is -2.48. The average Bonchev–Trinajstić information content (AvgIpc) is 3.02. The molecule has 0 spiro atoms. The van der Waals surface area contributed by atoms with Crippen LogP contribution in [0, 0.1) is 23.2 Å². The van der Waals surface area contributed by atoms with Crippen LogP contribution in [0.5, 0.6) is 11.5 Å². The molecule has 1 N–H and O–H groups in total. The monoisotopic (exact) mass is 588 g/mol. The van der Waals surface area contributed by atoms with Gasteiger partial charge in [0.05, 0.1) is 13.7 Å². The number of carbonyl (C=O) groups excluding carboxylic acids is 4. The predicted molar refractivity (Wildman–Crippen MR) is 158 cm³/mol. The molecule has 4 rings (SSSR count). The number of nitrogens with zero attached hydrogens (tertiary/aromatic N) is 3. The molecule has 0 radical (unpaired) electrons. The van der Waals surface area contributed by atoms with Crippen LogP contribution < -0.4 is 19.7 Å². The van der Waals surface area contributed by atoms with Gasteiger partial charge in [-0.2, -0.15) is 5.26 Å². The van der Waals surface area contributed by atoms with E-state index in [0.717, 1.165) is 11.3 Å². The first kappa shape index (κ1) is 31.1. The Morgan fingerprint density at radius 3 is 2.51 bits per heavy atom. The van der Waals surface area contributed by atoms with Crippen LogP contribution in [-0.2, 0) is 30.3 Å². The fourth-order valence-corrected chi connectivity index (χ4v) is 5.02. The van der Waals surface area contributed by atoms with Crippen molar-refractivity contribution >= 4 is 35.5 Å². The third-order valence-corrected chi connectivity index (χ3v) is 7.58. The molecule has 2 aliphatic rings. The Balaban J connectivity index is 1.16. The van der Waals surface area contributed by atoms with Crippen molar-refractivity contribution in [1.29, 1.82) is 5.26 Å². The van der Waals surface area contributed by atoms with Crippen LogP contribution in [0.25, 0.3) is 6.08 Å². The molecule has 0 aliphatic carbocycles. The second kappa shape index (κ2) is 14.4. The second-order valence-electron chi connectivity index (χ2n) is 10.7. The molecule has 1 saturated heterocycles. The third kappa shape index (κ3) is 7.92. The molecule has 226 valence electrons. The van der Waals surface area contributed by atoms with Crippen molar-refractivity contribution in [2.75, 3.05) is 52.3 Å². The minimum Gasteiger partial charge on any atom is -0.497 e. The summed E-state index contributed by atoms with van der Waals surface area (Å²) in [6.45, 7) is 1.10. The van der Waals surface area contributed by atoms with Crippen LogP contribution in [0.15, 0.2) is 48.0 Å². The summed E-state index contributed by atoms with van der Waals surface area (Å²) >= 11 is 0. The first-order chi connectivity index (χ1) is 20.7. The van der Waals surface area contributed by atoms with Gasteiger partial charge in [-0.1, -0.05) is 18.2 Å². The van der Waals surface area contributed by atoms with Gasteiger partial charge in [-0.15, -0.1) is 0 Å². The Bertz CT molecular complexity index is 1420. The fraction of sp³-hybridized carbons (Fsp3) is 0.406. The topological polar surface area (TPSA) is 138 Å². The highest BCUT2D eigenvalue weighted by Crippen LogP contribution is 2.33. The number of anilines is 1. The number of rotatable bonds is 10. The number of hydrogen-bond donors (Lipinski definition) is 1. The maximum absolute atomic E-state index is 13.1. The second-order valence-corrected chi connectivity index (χ2v) is 10.7. The molecule has 1 atom stereocenters. The fourth-order valence-electron chi connectivity index (χ4n) is 5.02. The molecule has 2 aromatic rings. The standard InChI is InChI=1S/C32H36N4O7/c1-35(2)25-8-5-21(6-9-25)17-24(20-33)31(39)42-16-4-13-34-29(37)22-11-14-36(15-12-22)30(38)27-18-23-7-10-26(41-3)19-28(23)43-32(27)40/h5-10,17,19,22,27H,4,11-16,18H2,1-3H3,(H,34,37)/b24-17+. The van der Waals surface area contributed by atoms with E-state index in [9.17, 15) is 24.4 Å². The lowest BCUT2D eigenvalue weighted by atomic mass is 9.91. The van der Waals surface area contributed by atoms with Gasteiger partial charge in [0.25, 0.3) is 0 Å². The molecule has 11 nitrogen and oxygen atoms in total. The van der Waals surface area contributed by atoms with Crippen LogP contribution in [0.4, 0.5) is 5.69 Å². The van der Waals surface area contributed by atoms with Gasteiger partial charge in [0.1, 0.15) is 29.1 Å². The molecule has 0 saturated carbocycles. The largest absolute Gasteiger partial charge is 0.497 e.